The molecule has 3 heterocycles. The van der Waals surface area contributed by atoms with Gasteiger partial charge >= 0.3 is 5.97 Å². The molecule has 3 aromatic rings. The first kappa shape index (κ1) is 18.0. The van der Waals surface area contributed by atoms with Crippen LogP contribution in [0.5, 0.6) is 11.5 Å². The first-order valence-corrected chi connectivity index (χ1v) is 8.97. The molecule has 1 N–H and O–H groups in total. The number of rotatable bonds is 6. The lowest BCUT2D eigenvalue weighted by Crippen LogP contribution is -2.37. The number of aromatic nitrogens is 1. The zero-order chi connectivity index (χ0) is 19.7. The highest BCUT2D eigenvalue weighted by Crippen LogP contribution is 2.32. The quantitative estimate of drug-likeness (QED) is 0.657. The van der Waals surface area contributed by atoms with Crippen molar-refractivity contribution in [2.45, 2.75) is 26.0 Å². The Hall–Kier alpha value is -3.42. The number of fused-ring (bicyclic) bond motifs is 2. The summed E-state index contributed by atoms with van der Waals surface area (Å²) < 4.78 is 23.0. The van der Waals surface area contributed by atoms with Gasteiger partial charge in [-0.2, -0.15) is 0 Å². The van der Waals surface area contributed by atoms with Gasteiger partial charge in [0.2, 0.25) is 6.79 Å². The van der Waals surface area contributed by atoms with Gasteiger partial charge in [0.25, 0.3) is 5.91 Å². The highest BCUT2D eigenvalue weighted by Gasteiger charge is 2.24. The minimum Gasteiger partial charge on any atom is -0.463 e. The summed E-state index contributed by atoms with van der Waals surface area (Å²) in [5.41, 5.74) is 2.57. The van der Waals surface area contributed by atoms with E-state index in [1.165, 1.54) is 0 Å². The van der Waals surface area contributed by atoms with Crippen molar-refractivity contribution >= 4 is 23.0 Å². The standard InChI is InChI=1S/C20H20N2O6/c1-3-15(28-20(24)14-9-17-13(22(14)2)6-7-25-17)19(23)21-10-12-4-5-16-18(8-12)27-11-26-16/h4-9,15H,3,10-11H2,1-2H3,(H,21,23)/t15-/m1/s1. The average molecular weight is 384 g/mol. The maximum Gasteiger partial charge on any atom is 0.355 e. The SMILES string of the molecule is CC[C@@H](OC(=O)c1cc2occc2n1C)C(=O)NCc1ccc2c(c1)OCO2. The summed E-state index contributed by atoms with van der Waals surface area (Å²) in [5, 5.41) is 2.80. The summed E-state index contributed by atoms with van der Waals surface area (Å²) in [5.74, 6) is 0.410. The van der Waals surface area contributed by atoms with E-state index < -0.39 is 12.1 Å². The van der Waals surface area contributed by atoms with Crippen LogP contribution in [-0.4, -0.2) is 29.3 Å². The van der Waals surface area contributed by atoms with Gasteiger partial charge in [-0.3, -0.25) is 4.79 Å². The summed E-state index contributed by atoms with van der Waals surface area (Å²) in [7, 11) is 1.75. The van der Waals surface area contributed by atoms with Crippen LogP contribution in [0.4, 0.5) is 0 Å². The van der Waals surface area contributed by atoms with Crippen molar-refractivity contribution in [2.24, 2.45) is 7.05 Å². The molecule has 0 fully saturated rings. The second kappa shape index (κ2) is 7.30. The smallest absolute Gasteiger partial charge is 0.355 e. The zero-order valence-electron chi connectivity index (χ0n) is 15.6. The molecule has 28 heavy (non-hydrogen) atoms. The Morgan fingerprint density at radius 3 is 2.82 bits per heavy atom. The number of amides is 1. The number of furan rings is 1. The number of carbonyl (C=O) groups is 2. The van der Waals surface area contributed by atoms with Crippen LogP contribution < -0.4 is 14.8 Å². The van der Waals surface area contributed by atoms with Crippen LogP contribution in [0.25, 0.3) is 11.1 Å². The average Bonchev–Trinajstić information content (AvgIpc) is 3.41. The molecule has 4 rings (SSSR count). The Balaban J connectivity index is 1.39. The number of nitrogens with one attached hydrogen (secondary N) is 1. The van der Waals surface area contributed by atoms with Crippen molar-refractivity contribution < 1.29 is 28.2 Å². The second-order valence-electron chi connectivity index (χ2n) is 6.47. The lowest BCUT2D eigenvalue weighted by Gasteiger charge is -2.16. The van der Waals surface area contributed by atoms with Crippen molar-refractivity contribution in [3.05, 3.63) is 47.9 Å². The lowest BCUT2D eigenvalue weighted by atomic mass is 10.2. The normalized spacial score (nSPS) is 13.5. The van der Waals surface area contributed by atoms with E-state index in [-0.39, 0.29) is 12.7 Å². The molecule has 8 heteroatoms. The maximum atomic E-state index is 12.5. The Morgan fingerprint density at radius 1 is 1.21 bits per heavy atom. The van der Waals surface area contributed by atoms with Gasteiger partial charge in [0.1, 0.15) is 5.69 Å². The molecule has 0 spiro atoms. The predicted octanol–water partition coefficient (Wildman–Crippen LogP) is 2.75. The molecule has 0 radical (unpaired) electrons. The van der Waals surface area contributed by atoms with Crippen LogP contribution in [0.3, 0.4) is 0 Å². The molecule has 0 bridgehead atoms. The van der Waals surface area contributed by atoms with E-state index in [0.717, 1.165) is 11.1 Å². The van der Waals surface area contributed by atoms with Crippen molar-refractivity contribution in [3.63, 3.8) is 0 Å². The van der Waals surface area contributed by atoms with Gasteiger partial charge in [-0.1, -0.05) is 13.0 Å². The third-order valence-electron chi connectivity index (χ3n) is 4.69. The highest BCUT2D eigenvalue weighted by molar-refractivity contribution is 5.95. The Morgan fingerprint density at radius 2 is 2.04 bits per heavy atom. The molecule has 1 aliphatic heterocycles. The number of hydrogen-bond donors (Lipinski definition) is 1. The molecule has 1 atom stereocenters. The Kier molecular flexibility index (Phi) is 4.68. The minimum absolute atomic E-state index is 0.197. The summed E-state index contributed by atoms with van der Waals surface area (Å²) >= 11 is 0. The lowest BCUT2D eigenvalue weighted by molar-refractivity contribution is -0.130. The summed E-state index contributed by atoms with van der Waals surface area (Å²) in [6.07, 6.45) is 1.03. The summed E-state index contributed by atoms with van der Waals surface area (Å²) in [4.78, 5) is 25.0. The number of hydrogen-bond acceptors (Lipinski definition) is 6. The van der Waals surface area contributed by atoms with Gasteiger partial charge < -0.3 is 28.5 Å². The fraction of sp³-hybridized carbons (Fsp3) is 0.300. The Bertz CT molecular complexity index is 1030. The van der Waals surface area contributed by atoms with Crippen LogP contribution in [-0.2, 0) is 23.1 Å². The zero-order valence-corrected chi connectivity index (χ0v) is 15.6. The number of esters is 1. The molecule has 1 amide bonds. The van der Waals surface area contributed by atoms with Crippen LogP contribution >= 0.6 is 0 Å². The predicted molar refractivity (Wildman–Crippen MR) is 99.1 cm³/mol. The molecule has 1 aliphatic rings. The maximum absolute atomic E-state index is 12.5. The monoisotopic (exact) mass is 384 g/mol. The van der Waals surface area contributed by atoms with E-state index in [4.69, 9.17) is 18.6 Å². The molecule has 0 aliphatic carbocycles. The van der Waals surface area contributed by atoms with Crippen LogP contribution in [0.2, 0.25) is 0 Å². The van der Waals surface area contributed by atoms with E-state index >= 15 is 0 Å². The van der Waals surface area contributed by atoms with Crippen molar-refractivity contribution in [2.75, 3.05) is 6.79 Å². The first-order valence-electron chi connectivity index (χ1n) is 8.97. The van der Waals surface area contributed by atoms with E-state index in [9.17, 15) is 9.59 Å². The number of ether oxygens (including phenoxy) is 3. The molecular formula is C20H20N2O6. The molecule has 0 saturated carbocycles. The van der Waals surface area contributed by atoms with Crippen LogP contribution in [0.15, 0.2) is 41.0 Å². The van der Waals surface area contributed by atoms with E-state index in [1.54, 1.807) is 43.0 Å². The molecule has 1 aromatic carbocycles. The molecule has 0 unspecified atom stereocenters. The third kappa shape index (κ3) is 3.28. The number of nitrogens with zero attached hydrogens (tertiary/aromatic N) is 1. The van der Waals surface area contributed by atoms with Crippen LogP contribution in [0.1, 0.15) is 29.4 Å². The van der Waals surface area contributed by atoms with Gasteiger partial charge in [-0.05, 0) is 24.1 Å². The highest BCUT2D eigenvalue weighted by atomic mass is 16.7. The molecule has 8 nitrogen and oxygen atoms in total. The van der Waals surface area contributed by atoms with E-state index in [0.29, 0.717) is 35.7 Å². The first-order chi connectivity index (χ1) is 13.6. The van der Waals surface area contributed by atoms with E-state index in [1.807, 2.05) is 12.1 Å². The Labute approximate surface area is 161 Å². The van der Waals surface area contributed by atoms with Crippen molar-refractivity contribution in [1.29, 1.82) is 0 Å². The molecule has 146 valence electrons. The molecule has 0 saturated heterocycles. The third-order valence-corrected chi connectivity index (χ3v) is 4.69. The minimum atomic E-state index is -0.886. The van der Waals surface area contributed by atoms with Gasteiger partial charge in [0.15, 0.2) is 23.2 Å². The molecular weight excluding hydrogens is 364 g/mol. The number of carbonyl (C=O) groups excluding carboxylic acids is 2. The fourth-order valence-corrected chi connectivity index (χ4v) is 3.11. The van der Waals surface area contributed by atoms with Crippen molar-refractivity contribution in [1.82, 2.24) is 9.88 Å². The van der Waals surface area contributed by atoms with Crippen LogP contribution in [0, 0.1) is 0 Å². The van der Waals surface area contributed by atoms with Crippen molar-refractivity contribution in [3.8, 4) is 11.5 Å². The molecule has 2 aromatic heterocycles. The fourth-order valence-electron chi connectivity index (χ4n) is 3.11. The van der Waals surface area contributed by atoms with Gasteiger partial charge in [-0.25, -0.2) is 4.79 Å². The van der Waals surface area contributed by atoms with Gasteiger partial charge in [-0.15, -0.1) is 0 Å². The summed E-state index contributed by atoms with van der Waals surface area (Å²) in [6, 6.07) is 8.83. The number of aryl methyl sites for hydroxylation is 1. The topological polar surface area (TPSA) is 91.9 Å². The number of benzene rings is 1. The van der Waals surface area contributed by atoms with Gasteiger partial charge in [0, 0.05) is 25.7 Å². The summed E-state index contributed by atoms with van der Waals surface area (Å²) in [6.45, 7) is 2.28. The van der Waals surface area contributed by atoms with Gasteiger partial charge in [0.05, 0.1) is 11.8 Å². The van der Waals surface area contributed by atoms with E-state index in [2.05, 4.69) is 5.32 Å². The second-order valence-corrected chi connectivity index (χ2v) is 6.47. The largest absolute Gasteiger partial charge is 0.463 e.